The minimum Gasteiger partial charge on any atom is -0.309 e. The first-order chi connectivity index (χ1) is 23.5. The van der Waals surface area contributed by atoms with Crippen molar-refractivity contribution in [2.45, 2.75) is 0 Å². The van der Waals surface area contributed by atoms with Crippen LogP contribution in [0.25, 0.3) is 77.2 Å². The van der Waals surface area contributed by atoms with Gasteiger partial charge in [-0.2, -0.15) is 0 Å². The molecule has 9 rings (SSSR count). The number of para-hydroxylation sites is 3. The Balaban J connectivity index is 1.30. The number of nitrogens with zero attached hydrogens (tertiary/aromatic N) is 2. The van der Waals surface area contributed by atoms with E-state index in [0.29, 0.717) is 10.9 Å². The van der Waals surface area contributed by atoms with Gasteiger partial charge in [-0.1, -0.05) is 115 Å². The molecule has 0 aliphatic rings. The molecule has 2 nitrogen and oxygen atoms in total. The maximum absolute atomic E-state index is 9.08. The van der Waals surface area contributed by atoms with Crippen molar-refractivity contribution in [2.24, 2.45) is 0 Å². The van der Waals surface area contributed by atoms with Gasteiger partial charge in [0.1, 0.15) is 0 Å². The molecule has 7 aromatic carbocycles. The van der Waals surface area contributed by atoms with Gasteiger partial charge < -0.3 is 9.13 Å². The molecule has 0 aliphatic carbocycles. The fourth-order valence-corrected chi connectivity index (χ4v) is 6.65. The minimum absolute atomic E-state index is 0.0409. The second kappa shape index (κ2) is 9.86. The van der Waals surface area contributed by atoms with Crippen LogP contribution in [0.5, 0.6) is 0 Å². The summed E-state index contributed by atoms with van der Waals surface area (Å²) in [5, 5.41) is 3.60. The van der Waals surface area contributed by atoms with Gasteiger partial charge in [-0.05, 0) is 76.8 Å². The summed E-state index contributed by atoms with van der Waals surface area (Å²) in [6.45, 7) is 0. The van der Waals surface area contributed by atoms with Crippen molar-refractivity contribution < 1.29 is 5.48 Å². The molecular weight excluding hydrogens is 532 g/mol. The lowest BCUT2D eigenvalue weighted by atomic mass is 9.99. The monoisotopic (exact) mass is 564 g/mol. The van der Waals surface area contributed by atoms with E-state index < -0.39 is 0 Å². The second-order valence-corrected chi connectivity index (χ2v) is 11.1. The lowest BCUT2D eigenvalue weighted by molar-refractivity contribution is 1.17. The summed E-state index contributed by atoms with van der Waals surface area (Å²) in [4.78, 5) is 0. The Kier molecular flexibility index (Phi) is 4.69. The standard InChI is InChI=1S/C42H28N2/c1-2-12-29(13-3-1)30-14-10-15-31(26-30)32-16-11-17-33(27-32)43-41-23-9-6-20-37(41)38-28-34(24-25-42(38)43)44-39-21-7-4-18-35(39)36-19-5-8-22-40(36)44/h1-28H/i6D,9D,20D,23D. The minimum atomic E-state index is -0.245. The maximum Gasteiger partial charge on any atom is 0.0645 e. The molecule has 2 aromatic heterocycles. The summed E-state index contributed by atoms with van der Waals surface area (Å²) in [5.41, 5.74) is 9.54. The summed E-state index contributed by atoms with van der Waals surface area (Å²) in [6, 6.07) is 49.3. The van der Waals surface area contributed by atoms with Crippen LogP contribution in [0.1, 0.15) is 5.48 Å². The molecule has 206 valence electrons. The normalized spacial score (nSPS) is 12.9. The Bertz CT molecular complexity index is 2670. The first-order valence-electron chi connectivity index (χ1n) is 16.8. The van der Waals surface area contributed by atoms with Crippen molar-refractivity contribution in [2.75, 3.05) is 0 Å². The van der Waals surface area contributed by atoms with Crippen LogP contribution in [0.4, 0.5) is 0 Å². The fraction of sp³-hybridized carbons (Fsp3) is 0. The zero-order chi connectivity index (χ0) is 32.5. The first kappa shape index (κ1) is 20.9. The average molecular weight is 565 g/mol. The number of hydrogen-bond acceptors (Lipinski definition) is 0. The Morgan fingerprint density at radius 1 is 0.341 bits per heavy atom. The van der Waals surface area contributed by atoms with E-state index in [-0.39, 0.29) is 24.2 Å². The van der Waals surface area contributed by atoms with Crippen molar-refractivity contribution in [1.82, 2.24) is 9.13 Å². The molecule has 2 heteroatoms. The molecule has 0 N–H and O–H groups in total. The smallest absolute Gasteiger partial charge is 0.0645 e. The van der Waals surface area contributed by atoms with Crippen LogP contribution >= 0.6 is 0 Å². The topological polar surface area (TPSA) is 9.86 Å². The van der Waals surface area contributed by atoms with Crippen molar-refractivity contribution >= 4 is 43.6 Å². The van der Waals surface area contributed by atoms with Gasteiger partial charge in [0.15, 0.2) is 0 Å². The number of aromatic nitrogens is 2. The van der Waals surface area contributed by atoms with E-state index in [1.807, 2.05) is 53.1 Å². The van der Waals surface area contributed by atoms with Gasteiger partial charge in [0, 0.05) is 32.9 Å². The molecular formula is C42H28N2. The summed E-state index contributed by atoms with van der Waals surface area (Å²) < 4.78 is 39.6. The van der Waals surface area contributed by atoms with E-state index in [9.17, 15) is 0 Å². The zero-order valence-corrected chi connectivity index (χ0v) is 23.8. The summed E-state index contributed by atoms with van der Waals surface area (Å²) >= 11 is 0. The third-order valence-electron chi connectivity index (χ3n) is 8.63. The van der Waals surface area contributed by atoms with Crippen LogP contribution in [-0.4, -0.2) is 9.13 Å². The van der Waals surface area contributed by atoms with Crippen LogP contribution in [0.15, 0.2) is 170 Å². The Labute approximate surface area is 261 Å². The fourth-order valence-electron chi connectivity index (χ4n) is 6.65. The molecule has 0 bridgehead atoms. The highest BCUT2D eigenvalue weighted by molar-refractivity contribution is 6.12. The van der Waals surface area contributed by atoms with Gasteiger partial charge in [0.25, 0.3) is 0 Å². The van der Waals surface area contributed by atoms with Gasteiger partial charge in [0.05, 0.1) is 27.5 Å². The molecule has 0 spiro atoms. The van der Waals surface area contributed by atoms with Crippen molar-refractivity contribution in [3.8, 4) is 33.6 Å². The largest absolute Gasteiger partial charge is 0.309 e. The average Bonchev–Trinajstić information content (AvgIpc) is 3.67. The predicted molar refractivity (Wildman–Crippen MR) is 186 cm³/mol. The molecule has 0 amide bonds. The SMILES string of the molecule is [2H]c1c([2H])c([2H])c2c(c1[2H])c1cc(-n3c4ccccc4c4ccccc43)ccc1n2-c1cccc(-c2cccc(-c3ccccc3)c2)c1. The number of fused-ring (bicyclic) bond motifs is 6. The van der Waals surface area contributed by atoms with E-state index in [4.69, 9.17) is 5.48 Å². The van der Waals surface area contributed by atoms with Crippen LogP contribution in [-0.2, 0) is 0 Å². The molecule has 44 heavy (non-hydrogen) atoms. The third-order valence-corrected chi connectivity index (χ3v) is 8.63. The van der Waals surface area contributed by atoms with Crippen LogP contribution in [0.2, 0.25) is 0 Å². The molecule has 0 aliphatic heterocycles. The molecule has 0 radical (unpaired) electrons. The van der Waals surface area contributed by atoms with Gasteiger partial charge in [-0.15, -0.1) is 0 Å². The van der Waals surface area contributed by atoms with E-state index in [2.05, 4.69) is 102 Å². The number of benzene rings is 7. The second-order valence-electron chi connectivity index (χ2n) is 11.1. The molecule has 2 heterocycles. The Morgan fingerprint density at radius 2 is 0.886 bits per heavy atom. The van der Waals surface area contributed by atoms with Crippen LogP contribution in [0, 0.1) is 0 Å². The highest BCUT2D eigenvalue weighted by Gasteiger charge is 2.16. The van der Waals surface area contributed by atoms with Crippen LogP contribution in [0.3, 0.4) is 0 Å². The van der Waals surface area contributed by atoms with Crippen molar-refractivity contribution in [3.63, 3.8) is 0 Å². The quantitative estimate of drug-likeness (QED) is 0.201. The van der Waals surface area contributed by atoms with Gasteiger partial charge >= 0.3 is 0 Å². The Morgan fingerprint density at radius 3 is 1.66 bits per heavy atom. The summed E-state index contributed by atoms with van der Waals surface area (Å²) in [7, 11) is 0. The highest BCUT2D eigenvalue weighted by atomic mass is 15.0. The summed E-state index contributed by atoms with van der Waals surface area (Å²) in [5.74, 6) is 0. The first-order valence-corrected chi connectivity index (χ1v) is 14.8. The van der Waals surface area contributed by atoms with E-state index in [1.165, 1.54) is 0 Å². The summed E-state index contributed by atoms with van der Waals surface area (Å²) in [6.07, 6.45) is 0. The lowest BCUT2D eigenvalue weighted by Crippen LogP contribution is -1.96. The lowest BCUT2D eigenvalue weighted by Gasteiger charge is -2.12. The van der Waals surface area contributed by atoms with Crippen molar-refractivity contribution in [3.05, 3.63) is 170 Å². The van der Waals surface area contributed by atoms with Crippen molar-refractivity contribution in [1.29, 1.82) is 0 Å². The zero-order valence-electron chi connectivity index (χ0n) is 27.8. The number of hydrogen-bond donors (Lipinski definition) is 0. The van der Waals surface area contributed by atoms with E-state index >= 15 is 0 Å². The molecule has 0 saturated carbocycles. The van der Waals surface area contributed by atoms with Gasteiger partial charge in [0.2, 0.25) is 0 Å². The van der Waals surface area contributed by atoms with E-state index in [1.54, 1.807) is 0 Å². The molecule has 0 fully saturated rings. The van der Waals surface area contributed by atoms with E-state index in [0.717, 1.165) is 66.3 Å². The highest BCUT2D eigenvalue weighted by Crippen LogP contribution is 2.37. The maximum atomic E-state index is 9.08. The number of rotatable bonds is 4. The third kappa shape index (κ3) is 3.82. The molecule has 0 unspecified atom stereocenters. The molecule has 0 atom stereocenters. The molecule has 9 aromatic rings. The van der Waals surface area contributed by atoms with Gasteiger partial charge in [-0.25, -0.2) is 0 Å². The predicted octanol–water partition coefficient (Wildman–Crippen LogP) is 11.2. The van der Waals surface area contributed by atoms with Gasteiger partial charge in [-0.3, -0.25) is 0 Å². The van der Waals surface area contributed by atoms with Crippen LogP contribution < -0.4 is 0 Å². The Hall–Kier alpha value is -5.86. The molecule has 0 saturated heterocycles.